The summed E-state index contributed by atoms with van der Waals surface area (Å²) in [6, 6.07) is 0. The van der Waals surface area contributed by atoms with Crippen LogP contribution in [0.5, 0.6) is 0 Å². The van der Waals surface area contributed by atoms with Gasteiger partial charge >= 0.3 is 18.1 Å². The maximum absolute atomic E-state index is 12.8. The first-order valence-corrected chi connectivity index (χ1v) is 9.98. The summed E-state index contributed by atoms with van der Waals surface area (Å²) in [5.41, 5.74) is 0.896. The van der Waals surface area contributed by atoms with Gasteiger partial charge in [0, 0.05) is 11.8 Å². The molecule has 0 radical (unpaired) electrons. The Balaban J connectivity index is 1.86. The molecule has 28 heavy (non-hydrogen) atoms. The molecule has 3 fully saturated rings. The number of hydrogen-bond donors (Lipinski definition) is 0. The monoisotopic (exact) mass is 402 g/mol. The summed E-state index contributed by atoms with van der Waals surface area (Å²) in [5, 5.41) is 0. The number of carbonyl (C=O) groups excluding carboxylic acids is 2. The Labute approximate surface area is 163 Å². The van der Waals surface area contributed by atoms with E-state index in [2.05, 4.69) is 27.4 Å². The van der Waals surface area contributed by atoms with E-state index in [1.54, 1.807) is 0 Å². The highest BCUT2D eigenvalue weighted by Gasteiger charge is 2.69. The average molecular weight is 402 g/mol. The molecule has 0 aromatic rings. The van der Waals surface area contributed by atoms with Gasteiger partial charge in [0.05, 0.1) is 11.8 Å². The van der Waals surface area contributed by atoms with E-state index >= 15 is 0 Å². The normalized spacial score (nSPS) is 36.2. The predicted molar refractivity (Wildman–Crippen MR) is 95.9 cm³/mol. The fourth-order valence-corrected chi connectivity index (χ4v) is 5.48. The summed E-state index contributed by atoms with van der Waals surface area (Å²) in [7, 11) is 0. The maximum atomic E-state index is 12.8. The molecule has 4 nitrogen and oxygen atoms in total. The number of carbonyl (C=O) groups is 2. The molecule has 3 aliphatic rings. The molecular formula is C21H29F3O4. The minimum absolute atomic E-state index is 0.0165. The van der Waals surface area contributed by atoms with Gasteiger partial charge in [-0.25, -0.2) is 0 Å². The van der Waals surface area contributed by atoms with Crippen molar-refractivity contribution in [1.82, 2.24) is 0 Å². The van der Waals surface area contributed by atoms with Crippen LogP contribution in [0.4, 0.5) is 13.2 Å². The van der Waals surface area contributed by atoms with Crippen molar-refractivity contribution in [2.24, 2.45) is 40.9 Å². The van der Waals surface area contributed by atoms with Gasteiger partial charge < -0.3 is 9.47 Å². The summed E-state index contributed by atoms with van der Waals surface area (Å²) in [4.78, 5) is 25.1. The third-order valence-electron chi connectivity index (χ3n) is 7.58. The molecule has 0 amide bonds. The molecule has 1 aliphatic heterocycles. The summed E-state index contributed by atoms with van der Waals surface area (Å²) in [6.45, 7) is 13.4. The fourth-order valence-electron chi connectivity index (χ4n) is 5.48. The first-order valence-electron chi connectivity index (χ1n) is 9.98. The molecule has 7 heteroatoms. The van der Waals surface area contributed by atoms with Gasteiger partial charge in [-0.05, 0) is 37.0 Å². The molecule has 0 aromatic carbocycles. The standard InChI is InChI=1S/C21H29F3O4/c1-7-20(5,6)10(3)9(2)14-12-8-13-16(19(26)28-17(13)14)15(12)18(25)27-11(4)21(22,23)24/h9,11-17H,3,7-8H2,1-2,4-6H3. The van der Waals surface area contributed by atoms with Gasteiger partial charge in [-0.2, -0.15) is 13.2 Å². The Kier molecular flexibility index (Phi) is 5.12. The van der Waals surface area contributed by atoms with Gasteiger partial charge in [-0.3, -0.25) is 9.59 Å². The quantitative estimate of drug-likeness (QED) is 0.484. The van der Waals surface area contributed by atoms with Crippen molar-refractivity contribution in [2.75, 3.05) is 0 Å². The lowest BCUT2D eigenvalue weighted by Gasteiger charge is -2.39. The molecule has 1 heterocycles. The molecule has 2 bridgehead atoms. The van der Waals surface area contributed by atoms with Crippen molar-refractivity contribution in [3.05, 3.63) is 12.2 Å². The van der Waals surface area contributed by atoms with Gasteiger partial charge in [0.1, 0.15) is 6.10 Å². The number of ether oxygens (including phenoxy) is 2. The van der Waals surface area contributed by atoms with Crippen LogP contribution in [0.2, 0.25) is 0 Å². The molecule has 0 N–H and O–H groups in total. The smallest absolute Gasteiger partial charge is 0.425 e. The lowest BCUT2D eigenvalue weighted by atomic mass is 9.64. The number of fused-ring (bicyclic) bond motifs is 1. The van der Waals surface area contributed by atoms with Crippen molar-refractivity contribution >= 4 is 11.9 Å². The van der Waals surface area contributed by atoms with Crippen LogP contribution in [0.25, 0.3) is 0 Å². The predicted octanol–water partition coefficient (Wildman–Crippen LogP) is 4.53. The average Bonchev–Trinajstić information content (AvgIpc) is 3.20. The van der Waals surface area contributed by atoms with Crippen LogP contribution < -0.4 is 0 Å². The number of allylic oxidation sites excluding steroid dienone is 1. The van der Waals surface area contributed by atoms with Crippen LogP contribution in [0.3, 0.4) is 0 Å². The largest absolute Gasteiger partial charge is 0.461 e. The Bertz CT molecular complexity index is 684. The Hall–Kier alpha value is -1.53. The van der Waals surface area contributed by atoms with E-state index in [0.29, 0.717) is 6.42 Å². The van der Waals surface area contributed by atoms with E-state index in [0.717, 1.165) is 18.9 Å². The minimum Gasteiger partial charge on any atom is -0.461 e. The van der Waals surface area contributed by atoms with E-state index in [9.17, 15) is 22.8 Å². The third kappa shape index (κ3) is 3.14. The van der Waals surface area contributed by atoms with Crippen LogP contribution in [0.15, 0.2) is 12.2 Å². The van der Waals surface area contributed by atoms with Gasteiger partial charge in [0.15, 0.2) is 6.10 Å². The maximum Gasteiger partial charge on any atom is 0.425 e. The van der Waals surface area contributed by atoms with Crippen LogP contribution in [0, 0.1) is 40.9 Å². The van der Waals surface area contributed by atoms with Crippen molar-refractivity contribution in [3.63, 3.8) is 0 Å². The number of rotatable bonds is 6. The molecule has 8 atom stereocenters. The SMILES string of the molecule is C=C(C(C)C1C2CC3C1OC(=O)C3C2C(=O)OC(C)C(F)(F)F)C(C)(C)CC. The summed E-state index contributed by atoms with van der Waals surface area (Å²) in [6.07, 6.45) is -5.62. The second kappa shape index (κ2) is 6.77. The molecular weight excluding hydrogens is 373 g/mol. The first kappa shape index (κ1) is 21.2. The lowest BCUT2D eigenvalue weighted by Crippen LogP contribution is -2.44. The van der Waals surface area contributed by atoms with Crippen molar-refractivity contribution in [2.45, 2.75) is 65.8 Å². The molecule has 8 unspecified atom stereocenters. The second-order valence-corrected chi connectivity index (χ2v) is 9.27. The molecule has 3 rings (SSSR count). The van der Waals surface area contributed by atoms with Crippen molar-refractivity contribution in [1.29, 1.82) is 0 Å². The van der Waals surface area contributed by atoms with Gasteiger partial charge in [0.2, 0.25) is 0 Å². The molecule has 158 valence electrons. The van der Waals surface area contributed by atoms with Gasteiger partial charge in [0.25, 0.3) is 0 Å². The Morgan fingerprint density at radius 3 is 2.43 bits per heavy atom. The Morgan fingerprint density at radius 1 is 1.29 bits per heavy atom. The number of esters is 2. The zero-order valence-corrected chi connectivity index (χ0v) is 17.0. The van der Waals surface area contributed by atoms with Crippen LogP contribution in [-0.2, 0) is 19.1 Å². The zero-order chi connectivity index (χ0) is 21.2. The third-order valence-corrected chi connectivity index (χ3v) is 7.58. The van der Waals surface area contributed by atoms with E-state index in [-0.39, 0.29) is 35.2 Å². The van der Waals surface area contributed by atoms with Crippen LogP contribution >= 0.6 is 0 Å². The number of halogens is 3. The van der Waals surface area contributed by atoms with E-state index in [4.69, 9.17) is 9.47 Å². The molecule has 1 saturated heterocycles. The highest BCUT2D eigenvalue weighted by atomic mass is 19.4. The number of alkyl halides is 3. The van der Waals surface area contributed by atoms with Gasteiger partial charge in [-0.15, -0.1) is 0 Å². The zero-order valence-electron chi connectivity index (χ0n) is 17.0. The first-order chi connectivity index (χ1) is 12.8. The second-order valence-electron chi connectivity index (χ2n) is 9.27. The highest BCUT2D eigenvalue weighted by molar-refractivity contribution is 5.86. The Morgan fingerprint density at radius 2 is 1.89 bits per heavy atom. The van der Waals surface area contributed by atoms with E-state index < -0.39 is 36.1 Å². The van der Waals surface area contributed by atoms with Crippen molar-refractivity contribution < 1.29 is 32.2 Å². The molecule has 0 aromatic heterocycles. The summed E-state index contributed by atoms with van der Waals surface area (Å²) in [5.74, 6) is -3.45. The van der Waals surface area contributed by atoms with E-state index in [1.165, 1.54) is 0 Å². The van der Waals surface area contributed by atoms with Crippen LogP contribution in [-0.4, -0.2) is 30.3 Å². The topological polar surface area (TPSA) is 52.6 Å². The number of hydrogen-bond acceptors (Lipinski definition) is 4. The highest BCUT2D eigenvalue weighted by Crippen LogP contribution is 2.63. The molecule has 2 saturated carbocycles. The van der Waals surface area contributed by atoms with E-state index in [1.807, 2.05) is 6.92 Å². The lowest BCUT2D eigenvalue weighted by molar-refractivity contribution is -0.220. The fraction of sp³-hybridized carbons (Fsp3) is 0.810. The molecule has 2 aliphatic carbocycles. The van der Waals surface area contributed by atoms with Crippen LogP contribution in [0.1, 0.15) is 47.5 Å². The summed E-state index contributed by atoms with van der Waals surface area (Å²) < 4.78 is 48.9. The van der Waals surface area contributed by atoms with Gasteiger partial charge in [-0.1, -0.05) is 39.8 Å². The summed E-state index contributed by atoms with van der Waals surface area (Å²) >= 11 is 0. The van der Waals surface area contributed by atoms with Crippen molar-refractivity contribution in [3.8, 4) is 0 Å². The molecule has 0 spiro atoms. The minimum atomic E-state index is -4.63.